The van der Waals surface area contributed by atoms with Gasteiger partial charge in [-0.25, -0.2) is 0 Å². The van der Waals surface area contributed by atoms with Gasteiger partial charge in [0, 0.05) is 11.0 Å². The number of carbonyl (C=O) groups is 2. The van der Waals surface area contributed by atoms with Gasteiger partial charge < -0.3 is 10.6 Å². The molecule has 4 heteroatoms. The zero-order valence-corrected chi connectivity index (χ0v) is 11.4. The molecule has 2 N–H and O–H groups in total. The van der Waals surface area contributed by atoms with Crippen LogP contribution in [0.3, 0.4) is 0 Å². The lowest BCUT2D eigenvalue weighted by Gasteiger charge is -2.25. The van der Waals surface area contributed by atoms with E-state index in [0.717, 1.165) is 0 Å². The Bertz CT molecular complexity index is 272. The number of nitrogens with one attached hydrogen (secondary N) is 2. The number of hydrogen-bond acceptors (Lipinski definition) is 2. The maximum atomic E-state index is 11.7. The van der Waals surface area contributed by atoms with E-state index in [4.69, 9.17) is 0 Å². The van der Waals surface area contributed by atoms with Gasteiger partial charge in [0.1, 0.15) is 6.04 Å². The van der Waals surface area contributed by atoms with E-state index in [1.807, 2.05) is 41.5 Å². The van der Waals surface area contributed by atoms with Gasteiger partial charge in [0.05, 0.1) is 0 Å². The highest BCUT2D eigenvalue weighted by molar-refractivity contribution is 5.89. The van der Waals surface area contributed by atoms with Crippen LogP contribution in [0.5, 0.6) is 0 Å². The SMILES string of the molecule is CC(NC(=O)C(C)(C)C)C(=O)NC(C)(C)C. The first-order valence-corrected chi connectivity index (χ1v) is 5.56. The molecule has 16 heavy (non-hydrogen) atoms. The molecule has 0 aromatic rings. The van der Waals surface area contributed by atoms with Crippen LogP contribution in [0, 0.1) is 5.41 Å². The Balaban J connectivity index is 4.33. The van der Waals surface area contributed by atoms with E-state index in [0.29, 0.717) is 0 Å². The quantitative estimate of drug-likeness (QED) is 0.751. The van der Waals surface area contributed by atoms with Gasteiger partial charge in [0.15, 0.2) is 0 Å². The molecule has 0 bridgehead atoms. The second kappa shape index (κ2) is 4.85. The highest BCUT2D eigenvalue weighted by Crippen LogP contribution is 2.12. The van der Waals surface area contributed by atoms with Crippen molar-refractivity contribution in [1.29, 1.82) is 0 Å². The summed E-state index contributed by atoms with van der Waals surface area (Å²) in [6.45, 7) is 12.9. The van der Waals surface area contributed by atoms with E-state index in [1.54, 1.807) is 6.92 Å². The fourth-order valence-electron chi connectivity index (χ4n) is 0.957. The van der Waals surface area contributed by atoms with Gasteiger partial charge in [-0.05, 0) is 27.7 Å². The lowest BCUT2D eigenvalue weighted by molar-refractivity contribution is -0.133. The molecule has 0 aromatic heterocycles. The third kappa shape index (κ3) is 5.73. The van der Waals surface area contributed by atoms with Crippen molar-refractivity contribution >= 4 is 11.8 Å². The molecule has 1 unspecified atom stereocenters. The Labute approximate surface area is 98.2 Å². The Hall–Kier alpha value is -1.06. The van der Waals surface area contributed by atoms with Gasteiger partial charge in [0.25, 0.3) is 0 Å². The van der Waals surface area contributed by atoms with E-state index in [2.05, 4.69) is 10.6 Å². The smallest absolute Gasteiger partial charge is 0.242 e. The van der Waals surface area contributed by atoms with Crippen molar-refractivity contribution < 1.29 is 9.59 Å². The van der Waals surface area contributed by atoms with Gasteiger partial charge in [-0.1, -0.05) is 20.8 Å². The molecule has 1 atom stereocenters. The second-order valence-corrected chi connectivity index (χ2v) is 6.18. The van der Waals surface area contributed by atoms with Crippen molar-refractivity contribution in [3.8, 4) is 0 Å². The molecule has 0 heterocycles. The number of carbonyl (C=O) groups excluding carboxylic acids is 2. The number of amides is 2. The standard InChI is InChI=1S/C12H24N2O2/c1-8(9(15)14-12(5,6)7)13-10(16)11(2,3)4/h8H,1-7H3,(H,13,16)(H,14,15). The summed E-state index contributed by atoms with van der Waals surface area (Å²) in [6.07, 6.45) is 0. The van der Waals surface area contributed by atoms with Crippen molar-refractivity contribution in [2.45, 2.75) is 60.0 Å². The van der Waals surface area contributed by atoms with E-state index in [1.165, 1.54) is 0 Å². The Kier molecular flexibility index (Phi) is 4.53. The molecule has 0 saturated carbocycles. The molecule has 4 nitrogen and oxygen atoms in total. The highest BCUT2D eigenvalue weighted by atomic mass is 16.2. The van der Waals surface area contributed by atoms with Crippen LogP contribution >= 0.6 is 0 Å². The van der Waals surface area contributed by atoms with Crippen LogP contribution in [-0.2, 0) is 9.59 Å². The molecule has 0 aliphatic rings. The third-order valence-corrected chi connectivity index (χ3v) is 1.92. The summed E-state index contributed by atoms with van der Waals surface area (Å²) in [4.78, 5) is 23.3. The minimum absolute atomic E-state index is 0.121. The molecular formula is C12H24N2O2. The summed E-state index contributed by atoms with van der Waals surface area (Å²) in [5, 5.41) is 5.51. The van der Waals surface area contributed by atoms with Gasteiger partial charge in [-0.3, -0.25) is 9.59 Å². The van der Waals surface area contributed by atoms with Crippen LogP contribution in [0.1, 0.15) is 48.5 Å². The second-order valence-electron chi connectivity index (χ2n) is 6.18. The number of rotatable bonds is 2. The van der Waals surface area contributed by atoms with E-state index in [-0.39, 0.29) is 17.4 Å². The van der Waals surface area contributed by atoms with Gasteiger partial charge in [0.2, 0.25) is 11.8 Å². The van der Waals surface area contributed by atoms with E-state index in [9.17, 15) is 9.59 Å². The van der Waals surface area contributed by atoms with Gasteiger partial charge >= 0.3 is 0 Å². The average Bonchev–Trinajstić information content (AvgIpc) is 1.98. The molecule has 0 fully saturated rings. The van der Waals surface area contributed by atoms with Crippen molar-refractivity contribution in [2.24, 2.45) is 5.41 Å². The molecule has 94 valence electrons. The Morgan fingerprint density at radius 2 is 1.44 bits per heavy atom. The normalized spacial score (nSPS) is 14.2. The summed E-state index contributed by atoms with van der Waals surface area (Å²) in [5.74, 6) is -0.283. The summed E-state index contributed by atoms with van der Waals surface area (Å²) in [5.41, 5.74) is -0.756. The number of hydrogen-bond donors (Lipinski definition) is 2. The first-order valence-electron chi connectivity index (χ1n) is 5.56. The molecular weight excluding hydrogens is 204 g/mol. The first-order chi connectivity index (χ1) is 6.93. The van der Waals surface area contributed by atoms with Crippen molar-refractivity contribution in [1.82, 2.24) is 10.6 Å². The molecule has 0 aromatic carbocycles. The molecule has 2 amide bonds. The topological polar surface area (TPSA) is 58.2 Å². The maximum absolute atomic E-state index is 11.7. The maximum Gasteiger partial charge on any atom is 0.242 e. The third-order valence-electron chi connectivity index (χ3n) is 1.92. The first kappa shape index (κ1) is 14.9. The van der Waals surface area contributed by atoms with Gasteiger partial charge in [-0.2, -0.15) is 0 Å². The molecule has 0 rings (SSSR count). The molecule has 0 radical (unpaired) electrons. The summed E-state index contributed by atoms with van der Waals surface area (Å²) >= 11 is 0. The highest BCUT2D eigenvalue weighted by Gasteiger charge is 2.26. The summed E-state index contributed by atoms with van der Waals surface area (Å²) in [6, 6.07) is -0.508. The minimum Gasteiger partial charge on any atom is -0.350 e. The zero-order chi connectivity index (χ0) is 13.1. The van der Waals surface area contributed by atoms with Crippen LogP contribution in [-0.4, -0.2) is 23.4 Å². The monoisotopic (exact) mass is 228 g/mol. The summed E-state index contributed by atoms with van der Waals surface area (Å²) in [7, 11) is 0. The van der Waals surface area contributed by atoms with Gasteiger partial charge in [-0.15, -0.1) is 0 Å². The van der Waals surface area contributed by atoms with Crippen molar-refractivity contribution in [2.75, 3.05) is 0 Å². The minimum atomic E-state index is -0.508. The largest absolute Gasteiger partial charge is 0.350 e. The predicted octanol–water partition coefficient (Wildman–Crippen LogP) is 1.45. The lowest BCUT2D eigenvalue weighted by Crippen LogP contribution is -2.52. The zero-order valence-electron chi connectivity index (χ0n) is 11.4. The van der Waals surface area contributed by atoms with E-state index >= 15 is 0 Å². The van der Waals surface area contributed by atoms with Crippen LogP contribution in [0.4, 0.5) is 0 Å². The lowest BCUT2D eigenvalue weighted by atomic mass is 9.95. The Morgan fingerprint density at radius 1 is 1.00 bits per heavy atom. The molecule has 0 aliphatic heterocycles. The summed E-state index contributed by atoms with van der Waals surface area (Å²) < 4.78 is 0. The van der Waals surface area contributed by atoms with Crippen molar-refractivity contribution in [3.05, 3.63) is 0 Å². The fourth-order valence-corrected chi connectivity index (χ4v) is 0.957. The van der Waals surface area contributed by atoms with Crippen LogP contribution in [0.25, 0.3) is 0 Å². The average molecular weight is 228 g/mol. The van der Waals surface area contributed by atoms with E-state index < -0.39 is 11.5 Å². The Morgan fingerprint density at radius 3 is 1.75 bits per heavy atom. The fraction of sp³-hybridized carbons (Fsp3) is 0.833. The predicted molar refractivity (Wildman–Crippen MR) is 65.0 cm³/mol. The van der Waals surface area contributed by atoms with Crippen LogP contribution < -0.4 is 10.6 Å². The van der Waals surface area contributed by atoms with Crippen LogP contribution in [0.2, 0.25) is 0 Å². The molecule has 0 spiro atoms. The van der Waals surface area contributed by atoms with Crippen molar-refractivity contribution in [3.63, 3.8) is 0 Å². The molecule has 0 aliphatic carbocycles. The molecule has 0 saturated heterocycles. The van der Waals surface area contributed by atoms with Crippen LogP contribution in [0.15, 0.2) is 0 Å².